The summed E-state index contributed by atoms with van der Waals surface area (Å²) in [7, 11) is 1.73. The van der Waals surface area contributed by atoms with Crippen LogP contribution in [-0.4, -0.2) is 27.6 Å². The first-order chi connectivity index (χ1) is 11.9. The van der Waals surface area contributed by atoms with Gasteiger partial charge in [-0.25, -0.2) is 14.4 Å². The molecule has 0 saturated heterocycles. The van der Waals surface area contributed by atoms with Crippen molar-refractivity contribution in [1.29, 1.82) is 0 Å². The van der Waals surface area contributed by atoms with E-state index in [9.17, 15) is 17.6 Å². The Balaban J connectivity index is 1.64. The lowest BCUT2D eigenvalue weighted by atomic mass is 10.2. The van der Waals surface area contributed by atoms with Crippen molar-refractivity contribution in [2.75, 3.05) is 23.7 Å². The third kappa shape index (κ3) is 3.65. The molecule has 2 N–H and O–H groups in total. The van der Waals surface area contributed by atoms with Crippen molar-refractivity contribution >= 4 is 22.8 Å². The van der Waals surface area contributed by atoms with Crippen LogP contribution in [0, 0.1) is 5.82 Å². The maximum absolute atomic E-state index is 13.3. The van der Waals surface area contributed by atoms with Crippen LogP contribution < -0.4 is 10.6 Å². The number of alkyl halides is 3. The van der Waals surface area contributed by atoms with Crippen molar-refractivity contribution in [3.63, 3.8) is 0 Å². The van der Waals surface area contributed by atoms with Crippen LogP contribution in [0.5, 0.6) is 0 Å². The van der Waals surface area contributed by atoms with Crippen molar-refractivity contribution in [3.8, 4) is 0 Å². The number of pyridine rings is 1. The van der Waals surface area contributed by atoms with Gasteiger partial charge in [0.2, 0.25) is 5.95 Å². The number of aryl methyl sites for hydroxylation is 1. The number of fused-ring (bicyclic) bond motifs is 1. The number of imidazole rings is 1. The van der Waals surface area contributed by atoms with Crippen LogP contribution in [0.3, 0.4) is 0 Å². The molecule has 3 aromatic rings. The van der Waals surface area contributed by atoms with Gasteiger partial charge in [0.05, 0.1) is 16.6 Å². The molecule has 0 spiro atoms. The molecule has 2 heterocycles. The molecule has 0 bridgehead atoms. The summed E-state index contributed by atoms with van der Waals surface area (Å²) in [6, 6.07) is 6.47. The van der Waals surface area contributed by atoms with Gasteiger partial charge in [0, 0.05) is 26.3 Å². The topological polar surface area (TPSA) is 54.8 Å². The van der Waals surface area contributed by atoms with E-state index in [1.54, 1.807) is 17.7 Å². The zero-order valence-electron chi connectivity index (χ0n) is 13.2. The Morgan fingerprint density at radius 3 is 2.64 bits per heavy atom. The first-order valence-electron chi connectivity index (χ1n) is 7.48. The predicted molar refractivity (Wildman–Crippen MR) is 86.9 cm³/mol. The lowest BCUT2D eigenvalue weighted by Crippen LogP contribution is -2.19. The Labute approximate surface area is 140 Å². The van der Waals surface area contributed by atoms with Gasteiger partial charge in [-0.15, -0.1) is 0 Å². The van der Waals surface area contributed by atoms with E-state index in [1.165, 1.54) is 24.4 Å². The largest absolute Gasteiger partial charge is 0.419 e. The minimum absolute atomic E-state index is 0.206. The van der Waals surface area contributed by atoms with Crippen LogP contribution in [-0.2, 0) is 13.2 Å². The molecule has 0 unspecified atom stereocenters. The molecule has 0 saturated carbocycles. The minimum atomic E-state index is -4.47. The number of rotatable bonds is 5. The fourth-order valence-electron chi connectivity index (χ4n) is 2.45. The summed E-state index contributed by atoms with van der Waals surface area (Å²) in [6.07, 6.45) is -3.17. The molecule has 0 aliphatic rings. The minimum Gasteiger partial charge on any atom is -0.368 e. The lowest BCUT2D eigenvalue weighted by Gasteiger charge is -2.13. The molecule has 0 radical (unpaired) electrons. The fourth-order valence-corrected chi connectivity index (χ4v) is 2.45. The van der Waals surface area contributed by atoms with Crippen LogP contribution in [0.1, 0.15) is 5.56 Å². The Morgan fingerprint density at radius 2 is 1.88 bits per heavy atom. The summed E-state index contributed by atoms with van der Waals surface area (Å²) < 4.78 is 53.6. The van der Waals surface area contributed by atoms with Gasteiger partial charge >= 0.3 is 6.18 Å². The van der Waals surface area contributed by atoms with Gasteiger partial charge in [-0.1, -0.05) is 0 Å². The summed E-state index contributed by atoms with van der Waals surface area (Å²) >= 11 is 0. The summed E-state index contributed by atoms with van der Waals surface area (Å²) in [6.45, 7) is 0.519. The highest BCUT2D eigenvalue weighted by molar-refractivity contribution is 5.78. The van der Waals surface area contributed by atoms with Crippen LogP contribution in [0.15, 0.2) is 36.5 Å². The molecule has 0 fully saturated rings. The van der Waals surface area contributed by atoms with Crippen molar-refractivity contribution in [2.45, 2.75) is 6.18 Å². The summed E-state index contributed by atoms with van der Waals surface area (Å²) in [4.78, 5) is 8.05. The van der Waals surface area contributed by atoms with E-state index < -0.39 is 11.7 Å². The first-order valence-corrected chi connectivity index (χ1v) is 7.48. The van der Waals surface area contributed by atoms with Gasteiger partial charge < -0.3 is 15.2 Å². The second kappa shape index (κ2) is 6.58. The van der Waals surface area contributed by atoms with Crippen LogP contribution in [0.25, 0.3) is 11.0 Å². The monoisotopic (exact) mass is 353 g/mol. The Morgan fingerprint density at radius 1 is 1.12 bits per heavy atom. The van der Waals surface area contributed by atoms with Crippen LogP contribution >= 0.6 is 0 Å². The maximum Gasteiger partial charge on any atom is 0.419 e. The zero-order valence-corrected chi connectivity index (χ0v) is 13.2. The molecular weight excluding hydrogens is 338 g/mol. The lowest BCUT2D eigenvalue weighted by molar-refractivity contribution is -0.137. The highest BCUT2D eigenvalue weighted by Crippen LogP contribution is 2.33. The van der Waals surface area contributed by atoms with E-state index in [1.807, 2.05) is 0 Å². The molecule has 25 heavy (non-hydrogen) atoms. The average Bonchev–Trinajstić information content (AvgIpc) is 2.87. The molecule has 9 heteroatoms. The molecule has 0 amide bonds. The third-order valence-corrected chi connectivity index (χ3v) is 3.66. The molecule has 5 nitrogen and oxygen atoms in total. The first kappa shape index (κ1) is 17.0. The van der Waals surface area contributed by atoms with E-state index in [0.29, 0.717) is 23.5 Å². The van der Waals surface area contributed by atoms with Gasteiger partial charge in [0.15, 0.2) is 0 Å². The van der Waals surface area contributed by atoms with Crippen LogP contribution in [0.2, 0.25) is 0 Å². The highest BCUT2D eigenvalue weighted by Gasteiger charge is 2.33. The number of halogens is 4. The van der Waals surface area contributed by atoms with Crippen molar-refractivity contribution < 1.29 is 17.6 Å². The summed E-state index contributed by atoms with van der Waals surface area (Å²) in [5.74, 6) is -0.0816. The summed E-state index contributed by atoms with van der Waals surface area (Å²) in [5.41, 5.74) is 0.441. The van der Waals surface area contributed by atoms with E-state index in [-0.39, 0.29) is 18.2 Å². The van der Waals surface area contributed by atoms with Crippen molar-refractivity contribution in [1.82, 2.24) is 14.5 Å². The summed E-state index contributed by atoms with van der Waals surface area (Å²) in [5, 5.41) is 5.67. The van der Waals surface area contributed by atoms with Crippen molar-refractivity contribution in [3.05, 3.63) is 47.9 Å². The molecule has 0 aliphatic heterocycles. The van der Waals surface area contributed by atoms with Gasteiger partial charge in [-0.3, -0.25) is 0 Å². The third-order valence-electron chi connectivity index (χ3n) is 3.66. The van der Waals surface area contributed by atoms with Gasteiger partial charge in [-0.05, 0) is 30.3 Å². The number of nitrogens with one attached hydrogen (secondary N) is 2. The molecule has 132 valence electrons. The molecule has 1 aromatic carbocycles. The number of hydrogen-bond acceptors (Lipinski definition) is 4. The van der Waals surface area contributed by atoms with E-state index >= 15 is 0 Å². The van der Waals surface area contributed by atoms with E-state index in [4.69, 9.17) is 0 Å². The number of aromatic nitrogens is 3. The molecule has 3 rings (SSSR count). The molecule has 2 aromatic heterocycles. The normalized spacial score (nSPS) is 11.7. The fraction of sp³-hybridized carbons (Fsp3) is 0.250. The second-order valence-electron chi connectivity index (χ2n) is 5.38. The average molecular weight is 353 g/mol. The van der Waals surface area contributed by atoms with Crippen molar-refractivity contribution in [2.24, 2.45) is 7.05 Å². The Kier molecular flexibility index (Phi) is 4.47. The highest BCUT2D eigenvalue weighted by atomic mass is 19.4. The Hall–Kier alpha value is -2.84. The molecule has 0 aliphatic carbocycles. The van der Waals surface area contributed by atoms with Gasteiger partial charge in [0.1, 0.15) is 11.6 Å². The smallest absolute Gasteiger partial charge is 0.368 e. The Bertz CT molecular complexity index is 888. The van der Waals surface area contributed by atoms with E-state index in [0.717, 1.165) is 6.07 Å². The quantitative estimate of drug-likeness (QED) is 0.543. The van der Waals surface area contributed by atoms with Gasteiger partial charge in [-0.2, -0.15) is 13.2 Å². The number of benzene rings is 1. The number of hydrogen-bond donors (Lipinski definition) is 2. The molecular formula is C16H15F4N5. The SMILES string of the molecule is Cn1c(NCCNc2ncccc2C(F)(F)F)nc2ccc(F)cc21. The number of nitrogens with zero attached hydrogens (tertiary/aromatic N) is 3. The van der Waals surface area contributed by atoms with E-state index in [2.05, 4.69) is 20.6 Å². The second-order valence-corrected chi connectivity index (χ2v) is 5.38. The zero-order chi connectivity index (χ0) is 18.0. The van der Waals surface area contributed by atoms with Gasteiger partial charge in [0.25, 0.3) is 0 Å². The standard InChI is InChI=1S/C16H15F4N5/c1-25-13-9-10(17)4-5-12(13)24-15(25)23-8-7-22-14-11(16(18,19)20)3-2-6-21-14/h2-6,9H,7-8H2,1H3,(H,21,22)(H,23,24). The van der Waals surface area contributed by atoms with Crippen LogP contribution in [0.4, 0.5) is 29.3 Å². The maximum atomic E-state index is 13.3. The molecule has 0 atom stereocenters. The number of anilines is 2. The predicted octanol–water partition coefficient (Wildman–Crippen LogP) is 3.65.